The zero-order valence-electron chi connectivity index (χ0n) is 21.1. The third-order valence-electron chi connectivity index (χ3n) is 11.2. The molecule has 190 valence electrons. The molecule has 0 unspecified atom stereocenters. The van der Waals surface area contributed by atoms with Gasteiger partial charge in [-0.3, -0.25) is 0 Å². The van der Waals surface area contributed by atoms with Gasteiger partial charge in [-0.1, -0.05) is 13.8 Å². The molecule has 4 saturated carbocycles. The lowest BCUT2D eigenvalue weighted by Crippen LogP contribution is -2.63. The van der Waals surface area contributed by atoms with E-state index in [1.165, 1.54) is 0 Å². The van der Waals surface area contributed by atoms with Crippen LogP contribution in [-0.2, 0) is 9.53 Å². The number of hydrogen-bond acceptors (Lipinski definition) is 5. The third-order valence-corrected chi connectivity index (χ3v) is 11.2. The highest BCUT2D eigenvalue weighted by molar-refractivity contribution is 5.85. The molecule has 0 saturated heterocycles. The maximum Gasteiger partial charge on any atom is 0.331 e. The Balaban J connectivity index is 1.33. The van der Waals surface area contributed by atoms with Gasteiger partial charge < -0.3 is 25.8 Å². The Kier molecular flexibility index (Phi) is 6.03. The zero-order chi connectivity index (χ0) is 24.3. The number of aliphatic hydroxyl groups is 1. The van der Waals surface area contributed by atoms with Gasteiger partial charge in [-0.2, -0.15) is 0 Å². The molecule has 0 bridgehead atoms. The summed E-state index contributed by atoms with van der Waals surface area (Å²) in [7, 11) is 1.92. The van der Waals surface area contributed by atoms with E-state index in [-0.39, 0.29) is 34.8 Å². The van der Waals surface area contributed by atoms with Gasteiger partial charge in [-0.05, 0) is 92.4 Å². The summed E-state index contributed by atoms with van der Waals surface area (Å²) in [5.74, 6) is 1.45. The highest BCUT2D eigenvalue weighted by atomic mass is 16.5. The first-order chi connectivity index (χ1) is 16.1. The molecule has 5 rings (SSSR count). The number of ether oxygens (including phenoxy) is 1. The number of hydrogen-bond donors (Lipinski definition) is 3. The standard InChI is InChI=1S/C27H43N3O4/c1-25-9-6-19(30(3)24(32)29-13-12-28)15-18(25)4-5-22-21(25)7-10-26(2)20(8-11-27(22,26)33)17-14-23(31)34-16-17/h14,18-22,33H,4-13,15-16,28H2,1-3H3,(H,29,32)/t18-,19+,20-,21+,22-,25+,26-,27+/m1/s1. The zero-order valence-corrected chi connectivity index (χ0v) is 21.1. The Morgan fingerprint density at radius 1 is 1.18 bits per heavy atom. The van der Waals surface area contributed by atoms with Gasteiger partial charge in [0, 0.05) is 37.7 Å². The Morgan fingerprint density at radius 3 is 2.68 bits per heavy atom. The van der Waals surface area contributed by atoms with Crippen molar-refractivity contribution in [3.05, 3.63) is 11.6 Å². The van der Waals surface area contributed by atoms with Gasteiger partial charge in [0.2, 0.25) is 0 Å². The second-order valence-electron chi connectivity index (χ2n) is 12.4. The lowest BCUT2D eigenvalue weighted by molar-refractivity contribution is -0.206. The van der Waals surface area contributed by atoms with Crippen molar-refractivity contribution in [2.24, 2.45) is 40.2 Å². The molecule has 0 radical (unpaired) electrons. The van der Waals surface area contributed by atoms with Crippen molar-refractivity contribution in [1.82, 2.24) is 10.2 Å². The Labute approximate surface area is 203 Å². The first kappa shape index (κ1) is 24.1. The smallest absolute Gasteiger partial charge is 0.331 e. The summed E-state index contributed by atoms with van der Waals surface area (Å²) in [6.07, 6.45) is 11.0. The molecule has 0 spiro atoms. The molecule has 2 amide bonds. The lowest BCUT2D eigenvalue weighted by Gasteiger charge is -2.64. The number of cyclic esters (lactones) is 1. The second kappa shape index (κ2) is 8.51. The van der Waals surface area contributed by atoms with Gasteiger partial charge in [-0.15, -0.1) is 0 Å². The van der Waals surface area contributed by atoms with Crippen molar-refractivity contribution in [1.29, 1.82) is 0 Å². The number of nitrogens with zero attached hydrogens (tertiary/aromatic N) is 1. The summed E-state index contributed by atoms with van der Waals surface area (Å²) in [6.45, 7) is 6.12. The minimum absolute atomic E-state index is 0.0174. The van der Waals surface area contributed by atoms with E-state index in [2.05, 4.69) is 19.2 Å². The molecule has 4 fully saturated rings. The number of esters is 1. The van der Waals surface area contributed by atoms with E-state index in [4.69, 9.17) is 10.5 Å². The number of carbonyl (C=O) groups is 2. The van der Waals surface area contributed by atoms with Crippen LogP contribution >= 0.6 is 0 Å². The SMILES string of the molecule is CN(C(=O)NCCN)[C@H]1CC[C@@]2(C)[C@H](CC[C@@H]3[C@@H]2CC[C@]2(C)[C@@H](C4=CC(=O)OC4)CC[C@]32O)C1. The predicted octanol–water partition coefficient (Wildman–Crippen LogP) is 3.21. The van der Waals surface area contributed by atoms with Crippen LogP contribution in [0.3, 0.4) is 0 Å². The predicted molar refractivity (Wildman–Crippen MR) is 130 cm³/mol. The van der Waals surface area contributed by atoms with Gasteiger partial charge in [0.15, 0.2) is 0 Å². The van der Waals surface area contributed by atoms with Crippen LogP contribution in [0.5, 0.6) is 0 Å². The number of fused-ring (bicyclic) bond motifs is 5. The van der Waals surface area contributed by atoms with Crippen LogP contribution in [0.1, 0.15) is 71.6 Å². The molecule has 34 heavy (non-hydrogen) atoms. The van der Waals surface area contributed by atoms with Gasteiger partial charge in [0.1, 0.15) is 6.61 Å². The third kappa shape index (κ3) is 3.44. The molecule has 0 aromatic heterocycles. The number of rotatable bonds is 4. The second-order valence-corrected chi connectivity index (χ2v) is 12.4. The molecule has 1 heterocycles. The van der Waals surface area contributed by atoms with Crippen LogP contribution in [0.15, 0.2) is 11.6 Å². The van der Waals surface area contributed by atoms with Crippen LogP contribution in [0.4, 0.5) is 4.79 Å². The van der Waals surface area contributed by atoms with Crippen molar-refractivity contribution >= 4 is 12.0 Å². The molecule has 7 nitrogen and oxygen atoms in total. The normalized spacial score (nSPS) is 45.5. The van der Waals surface area contributed by atoms with Crippen molar-refractivity contribution < 1.29 is 19.4 Å². The topological polar surface area (TPSA) is 105 Å². The summed E-state index contributed by atoms with van der Waals surface area (Å²) >= 11 is 0. The van der Waals surface area contributed by atoms with E-state index < -0.39 is 5.60 Å². The Morgan fingerprint density at radius 2 is 1.97 bits per heavy atom. The minimum Gasteiger partial charge on any atom is -0.458 e. The minimum atomic E-state index is -0.670. The lowest BCUT2D eigenvalue weighted by atomic mass is 9.43. The van der Waals surface area contributed by atoms with E-state index in [9.17, 15) is 14.7 Å². The Hall–Kier alpha value is -1.60. The van der Waals surface area contributed by atoms with Crippen LogP contribution < -0.4 is 11.1 Å². The van der Waals surface area contributed by atoms with Crippen LogP contribution in [0, 0.1) is 34.5 Å². The molecule has 8 atom stereocenters. The molecule has 0 aromatic rings. The fraction of sp³-hybridized carbons (Fsp3) is 0.852. The maximum atomic E-state index is 12.5. The number of carbonyl (C=O) groups excluding carboxylic acids is 2. The van der Waals surface area contributed by atoms with Gasteiger partial charge in [0.05, 0.1) is 5.60 Å². The van der Waals surface area contributed by atoms with Crippen molar-refractivity contribution in [3.8, 4) is 0 Å². The largest absolute Gasteiger partial charge is 0.458 e. The summed E-state index contributed by atoms with van der Waals surface area (Å²) in [6, 6.07) is 0.253. The van der Waals surface area contributed by atoms with E-state index in [1.54, 1.807) is 6.08 Å². The van der Waals surface area contributed by atoms with E-state index in [1.807, 2.05) is 11.9 Å². The molecule has 0 aromatic carbocycles. The summed E-state index contributed by atoms with van der Waals surface area (Å²) < 4.78 is 5.24. The van der Waals surface area contributed by atoms with Gasteiger partial charge >= 0.3 is 12.0 Å². The first-order valence-corrected chi connectivity index (χ1v) is 13.4. The molecule has 7 heteroatoms. The first-order valence-electron chi connectivity index (χ1n) is 13.4. The maximum absolute atomic E-state index is 12.5. The van der Waals surface area contributed by atoms with Gasteiger partial charge in [0.25, 0.3) is 0 Å². The molecule has 5 aliphatic rings. The highest BCUT2D eigenvalue weighted by Crippen LogP contribution is 2.70. The fourth-order valence-electron chi connectivity index (χ4n) is 9.21. The van der Waals surface area contributed by atoms with Crippen molar-refractivity contribution in [2.75, 3.05) is 26.7 Å². The number of urea groups is 1. The molecular weight excluding hydrogens is 430 g/mol. The highest BCUT2D eigenvalue weighted by Gasteiger charge is 2.67. The molecule has 4 aliphatic carbocycles. The molecule has 1 aliphatic heterocycles. The van der Waals surface area contributed by atoms with Crippen molar-refractivity contribution in [3.63, 3.8) is 0 Å². The number of amides is 2. The quantitative estimate of drug-likeness (QED) is 0.544. The van der Waals surface area contributed by atoms with E-state index in [0.717, 1.165) is 63.4 Å². The van der Waals surface area contributed by atoms with Crippen LogP contribution in [0.2, 0.25) is 0 Å². The molecule has 4 N–H and O–H groups in total. The number of nitrogens with two attached hydrogens (primary N) is 1. The Bertz CT molecular complexity index is 876. The van der Waals surface area contributed by atoms with Crippen LogP contribution in [-0.4, -0.2) is 60.4 Å². The van der Waals surface area contributed by atoms with E-state index in [0.29, 0.717) is 37.5 Å². The monoisotopic (exact) mass is 473 g/mol. The summed E-state index contributed by atoms with van der Waals surface area (Å²) in [5.41, 5.74) is 6.01. The molecular formula is C27H43N3O4. The van der Waals surface area contributed by atoms with Crippen LogP contribution in [0.25, 0.3) is 0 Å². The van der Waals surface area contributed by atoms with Crippen molar-refractivity contribution in [2.45, 2.75) is 83.3 Å². The average Bonchev–Trinajstić information content (AvgIpc) is 3.36. The summed E-state index contributed by atoms with van der Waals surface area (Å²) in [4.78, 5) is 26.2. The summed E-state index contributed by atoms with van der Waals surface area (Å²) in [5, 5.41) is 15.3. The van der Waals surface area contributed by atoms with E-state index >= 15 is 0 Å². The number of nitrogens with one attached hydrogen (secondary N) is 1. The fourth-order valence-corrected chi connectivity index (χ4v) is 9.21. The van der Waals surface area contributed by atoms with Gasteiger partial charge in [-0.25, -0.2) is 9.59 Å². The average molecular weight is 474 g/mol.